The number of carboxylic acid groups (broad SMARTS) is 1. The van der Waals surface area contributed by atoms with Gasteiger partial charge in [-0.25, -0.2) is 4.79 Å². The van der Waals surface area contributed by atoms with E-state index in [2.05, 4.69) is 11.7 Å². The van der Waals surface area contributed by atoms with Gasteiger partial charge in [0, 0.05) is 0 Å². The second-order valence-corrected chi connectivity index (χ2v) is 10.1. The van der Waals surface area contributed by atoms with E-state index in [0.717, 1.165) is 25.7 Å². The van der Waals surface area contributed by atoms with E-state index in [9.17, 15) is 26.4 Å². The molecule has 0 unspecified atom stereocenters. The Balaban J connectivity index is -0.00000364. The molecule has 0 atom stereocenters. The van der Waals surface area contributed by atoms with Crippen LogP contribution in [-0.4, -0.2) is 113 Å². The molecule has 0 saturated carbocycles. The zero-order valence-electron chi connectivity index (χ0n) is 16.0. The van der Waals surface area contributed by atoms with E-state index in [1.165, 1.54) is 25.7 Å². The maximum atomic E-state index is 12.0. The molecule has 0 radical (unpaired) electrons. The fourth-order valence-electron chi connectivity index (χ4n) is 2.66. The molecule has 0 spiro atoms. The molecule has 0 amide bonds. The minimum absolute atomic E-state index is 0. The number of hydrogen-bond donors (Lipinski definition) is 3. The van der Waals surface area contributed by atoms with Crippen LogP contribution in [-0.2, 0) is 34.6 Å². The van der Waals surface area contributed by atoms with Gasteiger partial charge in [-0.3, -0.25) is 13.9 Å². The fraction of sp³-hybridized carbons (Fsp3) is 0.875. The van der Waals surface area contributed by atoms with Gasteiger partial charge in [0.05, 0.1) is 13.0 Å². The summed E-state index contributed by atoms with van der Waals surface area (Å²) in [5.74, 6) is -4.08. The standard InChI is InChI=1S/C16H30O10S2.2Na.2H/c1-2-3-4-5-6-7-8-9-10-11-12-26-15(19)16(13-14(17)18,27(20,21)22)28(23,24)25;;;;/h2-13H2,1H3,(H,17,18)(H,20,21,22)(H,23,24,25);;;;. The Morgan fingerprint density at radius 2 is 1.13 bits per heavy atom. The molecule has 30 heavy (non-hydrogen) atoms. The molecule has 0 heterocycles. The van der Waals surface area contributed by atoms with Crippen LogP contribution in [0.4, 0.5) is 0 Å². The number of rotatable bonds is 16. The monoisotopic (exact) mass is 494 g/mol. The normalized spacial score (nSPS) is 11.8. The molecule has 0 aromatic heterocycles. The van der Waals surface area contributed by atoms with Crippen molar-refractivity contribution >= 4 is 91.3 Å². The molecular formula is C16H32Na2O10S2. The van der Waals surface area contributed by atoms with E-state index >= 15 is 0 Å². The average Bonchev–Trinajstić information content (AvgIpc) is 2.54. The predicted octanol–water partition coefficient (Wildman–Crippen LogP) is 1.10. The van der Waals surface area contributed by atoms with Crippen LogP contribution < -0.4 is 0 Å². The van der Waals surface area contributed by atoms with Crippen molar-refractivity contribution in [2.45, 2.75) is 81.6 Å². The number of esters is 1. The topological polar surface area (TPSA) is 172 Å². The summed E-state index contributed by atoms with van der Waals surface area (Å²) >= 11 is 0. The van der Waals surface area contributed by atoms with Crippen molar-refractivity contribution in [2.75, 3.05) is 6.61 Å². The summed E-state index contributed by atoms with van der Waals surface area (Å²) in [6, 6.07) is 0. The summed E-state index contributed by atoms with van der Waals surface area (Å²) in [6.07, 6.45) is 7.85. The molecule has 0 aromatic rings. The van der Waals surface area contributed by atoms with Crippen LogP contribution in [0, 0.1) is 0 Å². The van der Waals surface area contributed by atoms with Gasteiger partial charge in [-0.1, -0.05) is 64.7 Å². The second kappa shape index (κ2) is 17.3. The summed E-state index contributed by atoms with van der Waals surface area (Å²) in [5, 5.41) is 8.73. The molecule has 0 aromatic carbocycles. The Labute approximate surface area is 223 Å². The van der Waals surface area contributed by atoms with Crippen LogP contribution >= 0.6 is 0 Å². The predicted molar refractivity (Wildman–Crippen MR) is 115 cm³/mol. The molecule has 0 fully saturated rings. The van der Waals surface area contributed by atoms with Crippen LogP contribution in [0.3, 0.4) is 0 Å². The van der Waals surface area contributed by atoms with Gasteiger partial charge in [0.2, 0.25) is 0 Å². The first-order valence-electron chi connectivity index (χ1n) is 9.23. The van der Waals surface area contributed by atoms with Gasteiger partial charge < -0.3 is 9.84 Å². The molecular weight excluding hydrogens is 462 g/mol. The van der Waals surface area contributed by atoms with Gasteiger partial charge in [0.25, 0.3) is 20.2 Å². The summed E-state index contributed by atoms with van der Waals surface area (Å²) in [5.41, 5.74) is 0. The first kappa shape index (κ1) is 35.4. The third-order valence-electron chi connectivity index (χ3n) is 4.26. The molecule has 0 aliphatic carbocycles. The van der Waals surface area contributed by atoms with Crippen molar-refractivity contribution in [3.8, 4) is 0 Å². The van der Waals surface area contributed by atoms with E-state index in [0.29, 0.717) is 12.8 Å². The zero-order chi connectivity index (χ0) is 21.8. The molecule has 0 rings (SSSR count). The molecule has 0 aliphatic rings. The van der Waals surface area contributed by atoms with Gasteiger partial charge in [-0.05, 0) is 6.42 Å². The van der Waals surface area contributed by atoms with E-state index in [1.54, 1.807) is 0 Å². The van der Waals surface area contributed by atoms with E-state index < -0.39 is 42.7 Å². The summed E-state index contributed by atoms with van der Waals surface area (Å²) < 4.78 is 64.5. The Kier molecular flexibility index (Phi) is 20.3. The quantitative estimate of drug-likeness (QED) is 0.122. The maximum absolute atomic E-state index is 12.0. The van der Waals surface area contributed by atoms with Crippen LogP contribution in [0.2, 0.25) is 0 Å². The SMILES string of the molecule is CCCCCCCCCCCCOC(=O)C(CC(=O)O)(S(=O)(=O)O)S(=O)(=O)O.[NaH].[NaH]. The third kappa shape index (κ3) is 12.1. The average molecular weight is 495 g/mol. The molecule has 0 aliphatic heterocycles. The zero-order valence-corrected chi connectivity index (χ0v) is 17.6. The Bertz CT molecular complexity index is 676. The molecule has 0 bridgehead atoms. The van der Waals surface area contributed by atoms with Crippen molar-refractivity contribution in [3.05, 3.63) is 0 Å². The number of ether oxygens (including phenoxy) is 1. The second-order valence-electron chi connectivity index (χ2n) is 6.59. The summed E-state index contributed by atoms with van der Waals surface area (Å²) in [6.45, 7) is 1.77. The van der Waals surface area contributed by atoms with Crippen LogP contribution in [0.25, 0.3) is 0 Å². The van der Waals surface area contributed by atoms with Gasteiger partial charge >= 0.3 is 75.1 Å². The van der Waals surface area contributed by atoms with Gasteiger partial charge in [0.15, 0.2) is 0 Å². The van der Waals surface area contributed by atoms with Crippen molar-refractivity contribution in [1.82, 2.24) is 0 Å². The van der Waals surface area contributed by atoms with Crippen molar-refractivity contribution in [1.29, 1.82) is 0 Å². The number of carbonyl (C=O) groups excluding carboxylic acids is 1. The number of unbranched alkanes of at least 4 members (excludes halogenated alkanes) is 9. The van der Waals surface area contributed by atoms with E-state index in [-0.39, 0.29) is 65.7 Å². The number of carboxylic acids is 1. The Morgan fingerprint density at radius 1 is 0.767 bits per heavy atom. The Hall–Kier alpha value is 0.760. The van der Waals surface area contributed by atoms with E-state index in [1.807, 2.05) is 0 Å². The van der Waals surface area contributed by atoms with Crippen LogP contribution in [0.5, 0.6) is 0 Å². The number of hydrogen-bond acceptors (Lipinski definition) is 7. The number of carbonyl (C=O) groups is 2. The van der Waals surface area contributed by atoms with Crippen LogP contribution in [0.15, 0.2) is 0 Å². The molecule has 14 heteroatoms. The third-order valence-corrected chi connectivity index (χ3v) is 7.81. The van der Waals surface area contributed by atoms with Gasteiger partial charge in [-0.15, -0.1) is 0 Å². The van der Waals surface area contributed by atoms with Crippen LogP contribution in [0.1, 0.15) is 77.6 Å². The molecule has 10 nitrogen and oxygen atoms in total. The fourth-order valence-corrected chi connectivity index (χ4v) is 4.88. The van der Waals surface area contributed by atoms with Crippen molar-refractivity contribution in [3.63, 3.8) is 0 Å². The summed E-state index contributed by atoms with van der Waals surface area (Å²) in [7, 11) is -11.7. The first-order valence-corrected chi connectivity index (χ1v) is 12.1. The van der Waals surface area contributed by atoms with E-state index in [4.69, 9.17) is 14.2 Å². The number of aliphatic carboxylic acids is 1. The Morgan fingerprint density at radius 3 is 1.47 bits per heavy atom. The van der Waals surface area contributed by atoms with Gasteiger partial charge in [-0.2, -0.15) is 16.8 Å². The summed E-state index contributed by atoms with van der Waals surface area (Å²) in [4.78, 5) is 22.8. The first-order chi connectivity index (χ1) is 12.9. The molecule has 3 N–H and O–H groups in total. The molecule has 170 valence electrons. The molecule has 0 saturated heterocycles. The van der Waals surface area contributed by atoms with Gasteiger partial charge in [0.1, 0.15) is 0 Å². The van der Waals surface area contributed by atoms with Crippen molar-refractivity contribution in [2.24, 2.45) is 0 Å². The minimum atomic E-state index is -5.84. The van der Waals surface area contributed by atoms with Crippen molar-refractivity contribution < 1.29 is 45.4 Å².